The minimum absolute atomic E-state index is 0.447. The first-order valence-corrected chi connectivity index (χ1v) is 7.06. The van der Waals surface area contributed by atoms with Gasteiger partial charge in [-0.2, -0.15) is 5.10 Å². The Hall–Kier alpha value is -1.65. The van der Waals surface area contributed by atoms with Crippen LogP contribution in [0.2, 0.25) is 0 Å². The zero-order valence-corrected chi connectivity index (χ0v) is 12.5. The van der Waals surface area contributed by atoms with E-state index in [2.05, 4.69) is 48.5 Å². The number of ether oxygens (including phenoxy) is 1. The predicted molar refractivity (Wildman–Crippen MR) is 81.2 cm³/mol. The van der Waals surface area contributed by atoms with Gasteiger partial charge in [0.25, 0.3) is 0 Å². The third kappa shape index (κ3) is 3.68. The molecule has 0 aliphatic rings. The monoisotopic (exact) mass is 273 g/mol. The molecule has 0 fully saturated rings. The molecule has 1 N–H and O–H groups in total. The molecule has 1 heterocycles. The van der Waals surface area contributed by atoms with Crippen LogP contribution >= 0.6 is 0 Å². The average molecular weight is 273 g/mol. The van der Waals surface area contributed by atoms with Gasteiger partial charge in [-0.15, -0.1) is 0 Å². The van der Waals surface area contributed by atoms with Gasteiger partial charge in [0.1, 0.15) is 0 Å². The SMILES string of the molecule is COCCNCc1ccccc1-n1ccc(C(C)C)n1. The molecule has 0 aliphatic heterocycles. The van der Waals surface area contributed by atoms with Crippen molar-refractivity contribution in [1.82, 2.24) is 15.1 Å². The maximum absolute atomic E-state index is 5.04. The topological polar surface area (TPSA) is 39.1 Å². The predicted octanol–water partition coefficient (Wildman–Crippen LogP) is 2.73. The highest BCUT2D eigenvalue weighted by atomic mass is 16.5. The van der Waals surface area contributed by atoms with Crippen molar-refractivity contribution in [2.24, 2.45) is 0 Å². The summed E-state index contributed by atoms with van der Waals surface area (Å²) in [5.41, 5.74) is 3.48. The summed E-state index contributed by atoms with van der Waals surface area (Å²) in [4.78, 5) is 0. The molecular formula is C16H23N3O. The Balaban J connectivity index is 2.14. The van der Waals surface area contributed by atoms with Crippen LogP contribution in [0.3, 0.4) is 0 Å². The van der Waals surface area contributed by atoms with Crippen molar-refractivity contribution in [2.45, 2.75) is 26.3 Å². The standard InChI is InChI=1S/C16H23N3O/c1-13(2)15-8-10-19(18-15)16-7-5-4-6-14(16)12-17-9-11-20-3/h4-8,10,13,17H,9,11-12H2,1-3H3. The maximum atomic E-state index is 5.04. The van der Waals surface area contributed by atoms with Crippen molar-refractivity contribution in [3.05, 3.63) is 47.8 Å². The lowest BCUT2D eigenvalue weighted by molar-refractivity contribution is 0.199. The van der Waals surface area contributed by atoms with Gasteiger partial charge >= 0.3 is 0 Å². The molecule has 0 bridgehead atoms. The number of hydrogen-bond donors (Lipinski definition) is 1. The number of rotatable bonds is 7. The smallest absolute Gasteiger partial charge is 0.0690 e. The van der Waals surface area contributed by atoms with Crippen LogP contribution in [0.5, 0.6) is 0 Å². The molecule has 0 unspecified atom stereocenters. The summed E-state index contributed by atoms with van der Waals surface area (Å²) >= 11 is 0. The van der Waals surface area contributed by atoms with Gasteiger partial charge in [0.15, 0.2) is 0 Å². The van der Waals surface area contributed by atoms with Gasteiger partial charge in [0, 0.05) is 26.4 Å². The number of benzene rings is 1. The fourth-order valence-corrected chi connectivity index (χ4v) is 2.06. The summed E-state index contributed by atoms with van der Waals surface area (Å²) in [6.07, 6.45) is 2.03. The number of methoxy groups -OCH3 is 1. The number of para-hydroxylation sites is 1. The molecule has 0 atom stereocenters. The lowest BCUT2D eigenvalue weighted by Gasteiger charge is -2.10. The van der Waals surface area contributed by atoms with Crippen LogP contribution in [0, 0.1) is 0 Å². The Morgan fingerprint density at radius 2 is 2.05 bits per heavy atom. The van der Waals surface area contributed by atoms with E-state index >= 15 is 0 Å². The molecule has 108 valence electrons. The van der Waals surface area contributed by atoms with Crippen molar-refractivity contribution in [1.29, 1.82) is 0 Å². The molecule has 1 aromatic heterocycles. The minimum atomic E-state index is 0.447. The Bertz CT molecular complexity index is 534. The summed E-state index contributed by atoms with van der Waals surface area (Å²) in [6.45, 7) is 6.70. The van der Waals surface area contributed by atoms with Crippen LogP contribution in [-0.4, -0.2) is 30.0 Å². The fraction of sp³-hybridized carbons (Fsp3) is 0.438. The van der Waals surface area contributed by atoms with Crippen LogP contribution in [0.1, 0.15) is 31.0 Å². The van der Waals surface area contributed by atoms with Crippen LogP contribution < -0.4 is 5.32 Å². The summed E-state index contributed by atoms with van der Waals surface area (Å²) in [6, 6.07) is 10.4. The molecule has 4 heteroatoms. The normalized spacial score (nSPS) is 11.2. The van der Waals surface area contributed by atoms with E-state index < -0.39 is 0 Å². The van der Waals surface area contributed by atoms with Gasteiger partial charge in [-0.25, -0.2) is 4.68 Å². The van der Waals surface area contributed by atoms with E-state index in [1.807, 2.05) is 16.9 Å². The molecule has 2 aromatic rings. The number of aromatic nitrogens is 2. The number of nitrogens with one attached hydrogen (secondary N) is 1. The molecule has 0 saturated heterocycles. The average Bonchev–Trinajstić information content (AvgIpc) is 2.94. The summed E-state index contributed by atoms with van der Waals surface area (Å²) in [7, 11) is 1.72. The first-order valence-electron chi connectivity index (χ1n) is 7.06. The van der Waals surface area contributed by atoms with Crippen LogP contribution in [0.25, 0.3) is 5.69 Å². The van der Waals surface area contributed by atoms with E-state index in [1.165, 1.54) is 5.56 Å². The number of nitrogens with zero attached hydrogens (tertiary/aromatic N) is 2. The highest BCUT2D eigenvalue weighted by Gasteiger charge is 2.07. The van der Waals surface area contributed by atoms with E-state index in [0.29, 0.717) is 5.92 Å². The highest BCUT2D eigenvalue weighted by molar-refractivity contribution is 5.40. The van der Waals surface area contributed by atoms with Crippen molar-refractivity contribution < 1.29 is 4.74 Å². The molecule has 0 aliphatic carbocycles. The molecule has 2 rings (SSSR count). The number of hydrogen-bond acceptors (Lipinski definition) is 3. The molecule has 0 saturated carbocycles. The van der Waals surface area contributed by atoms with Crippen molar-refractivity contribution in [3.63, 3.8) is 0 Å². The maximum Gasteiger partial charge on any atom is 0.0690 e. The summed E-state index contributed by atoms with van der Waals surface area (Å²) in [5, 5.41) is 8.03. The van der Waals surface area contributed by atoms with Gasteiger partial charge in [0.05, 0.1) is 18.0 Å². The van der Waals surface area contributed by atoms with Crippen molar-refractivity contribution in [2.75, 3.05) is 20.3 Å². The van der Waals surface area contributed by atoms with Gasteiger partial charge in [-0.3, -0.25) is 0 Å². The van der Waals surface area contributed by atoms with E-state index in [0.717, 1.165) is 31.1 Å². The quantitative estimate of drug-likeness (QED) is 0.788. The van der Waals surface area contributed by atoms with Gasteiger partial charge in [0.2, 0.25) is 0 Å². The second kappa shape index (κ2) is 7.22. The Morgan fingerprint density at radius 3 is 2.75 bits per heavy atom. The molecule has 0 radical (unpaired) electrons. The first kappa shape index (κ1) is 14.8. The van der Waals surface area contributed by atoms with E-state index in [1.54, 1.807) is 7.11 Å². The van der Waals surface area contributed by atoms with Crippen LogP contribution in [-0.2, 0) is 11.3 Å². The zero-order valence-electron chi connectivity index (χ0n) is 12.5. The van der Waals surface area contributed by atoms with E-state index in [9.17, 15) is 0 Å². The van der Waals surface area contributed by atoms with Crippen LogP contribution in [0.15, 0.2) is 36.5 Å². The second-order valence-corrected chi connectivity index (χ2v) is 5.14. The second-order valence-electron chi connectivity index (χ2n) is 5.14. The zero-order chi connectivity index (χ0) is 14.4. The molecular weight excluding hydrogens is 250 g/mol. The highest BCUT2D eigenvalue weighted by Crippen LogP contribution is 2.17. The van der Waals surface area contributed by atoms with Crippen molar-refractivity contribution in [3.8, 4) is 5.69 Å². The molecule has 0 spiro atoms. The Kier molecular flexibility index (Phi) is 5.32. The molecule has 20 heavy (non-hydrogen) atoms. The van der Waals surface area contributed by atoms with Crippen molar-refractivity contribution >= 4 is 0 Å². The molecule has 1 aromatic carbocycles. The summed E-state index contributed by atoms with van der Waals surface area (Å²) < 4.78 is 7.01. The van der Waals surface area contributed by atoms with Gasteiger partial charge in [-0.05, 0) is 23.6 Å². The minimum Gasteiger partial charge on any atom is -0.383 e. The molecule has 0 amide bonds. The Labute approximate surface area is 120 Å². The van der Waals surface area contributed by atoms with Gasteiger partial charge < -0.3 is 10.1 Å². The Morgan fingerprint density at radius 1 is 1.25 bits per heavy atom. The van der Waals surface area contributed by atoms with Crippen LogP contribution in [0.4, 0.5) is 0 Å². The fourth-order valence-electron chi connectivity index (χ4n) is 2.06. The largest absolute Gasteiger partial charge is 0.383 e. The first-order chi connectivity index (χ1) is 9.72. The van der Waals surface area contributed by atoms with E-state index in [-0.39, 0.29) is 0 Å². The lowest BCUT2D eigenvalue weighted by Crippen LogP contribution is -2.19. The lowest BCUT2D eigenvalue weighted by atomic mass is 10.1. The van der Waals surface area contributed by atoms with Gasteiger partial charge in [-0.1, -0.05) is 32.0 Å². The van der Waals surface area contributed by atoms with E-state index in [4.69, 9.17) is 4.74 Å². The third-order valence-electron chi connectivity index (χ3n) is 3.24. The third-order valence-corrected chi connectivity index (χ3v) is 3.24. The molecule has 4 nitrogen and oxygen atoms in total. The summed E-state index contributed by atoms with van der Waals surface area (Å²) in [5.74, 6) is 0.447.